The van der Waals surface area contributed by atoms with Crippen LogP contribution >= 0.6 is 0 Å². The monoisotopic (exact) mass is 229 g/mol. The van der Waals surface area contributed by atoms with E-state index in [0.29, 0.717) is 5.69 Å². The molecule has 1 radical (unpaired) electrons. The highest BCUT2D eigenvalue weighted by atomic mass is 14.7. The lowest BCUT2D eigenvalue weighted by molar-refractivity contribution is 1.27. The van der Waals surface area contributed by atoms with E-state index in [1.807, 2.05) is 42.5 Å². The van der Waals surface area contributed by atoms with Gasteiger partial charge in [0.2, 0.25) is 0 Å². The molecule has 0 spiro atoms. The molecule has 0 amide bonds. The van der Waals surface area contributed by atoms with Crippen LogP contribution in [0.5, 0.6) is 0 Å². The van der Waals surface area contributed by atoms with Crippen molar-refractivity contribution in [3.8, 4) is 17.2 Å². The molecule has 0 aliphatic rings. The zero-order valence-corrected chi connectivity index (χ0v) is 9.59. The van der Waals surface area contributed by atoms with Gasteiger partial charge in [-0.2, -0.15) is 5.26 Å². The first-order chi connectivity index (χ1) is 8.88. The van der Waals surface area contributed by atoms with Crippen molar-refractivity contribution in [1.29, 1.82) is 5.26 Å². The predicted octanol–water partition coefficient (Wildman–Crippen LogP) is 3.57. The summed E-state index contributed by atoms with van der Waals surface area (Å²) < 4.78 is 0. The highest BCUT2D eigenvalue weighted by molar-refractivity contribution is 5.87. The Morgan fingerprint density at radius 3 is 2.94 bits per heavy atom. The fourth-order valence-corrected chi connectivity index (χ4v) is 2.02. The number of hydrogen-bond acceptors (Lipinski definition) is 2. The maximum atomic E-state index is 9.08. The van der Waals surface area contributed by atoms with Gasteiger partial charge in [0.25, 0.3) is 0 Å². The Balaban J connectivity index is 2.23. The maximum absolute atomic E-state index is 9.08. The van der Waals surface area contributed by atoms with Crippen LogP contribution in [-0.2, 0) is 0 Å². The van der Waals surface area contributed by atoms with Crippen molar-refractivity contribution in [2.75, 3.05) is 0 Å². The van der Waals surface area contributed by atoms with Crippen molar-refractivity contribution in [2.45, 2.75) is 0 Å². The normalized spacial score (nSPS) is 10.2. The van der Waals surface area contributed by atoms with E-state index in [4.69, 9.17) is 5.26 Å². The Kier molecular flexibility index (Phi) is 2.51. The fraction of sp³-hybridized carbons (Fsp3) is 0. The molecule has 2 heteroatoms. The smallest absolute Gasteiger partial charge is 0.148 e. The number of nitrogens with zero attached hydrogens (tertiary/aromatic N) is 2. The van der Waals surface area contributed by atoms with Crippen LogP contribution in [0.1, 0.15) is 5.69 Å². The third kappa shape index (κ3) is 1.72. The number of rotatable bonds is 1. The molecule has 3 aromatic rings. The summed E-state index contributed by atoms with van der Waals surface area (Å²) >= 11 is 0. The van der Waals surface area contributed by atoms with Crippen molar-refractivity contribution < 1.29 is 0 Å². The molecule has 0 aliphatic carbocycles. The van der Waals surface area contributed by atoms with E-state index in [0.717, 1.165) is 21.9 Å². The lowest BCUT2D eigenvalue weighted by atomic mass is 10.0. The second kappa shape index (κ2) is 4.31. The van der Waals surface area contributed by atoms with Gasteiger partial charge >= 0.3 is 0 Å². The van der Waals surface area contributed by atoms with Gasteiger partial charge in [0.15, 0.2) is 0 Å². The van der Waals surface area contributed by atoms with Crippen molar-refractivity contribution in [1.82, 2.24) is 4.98 Å². The summed E-state index contributed by atoms with van der Waals surface area (Å²) in [6, 6.07) is 20.9. The third-order valence-corrected chi connectivity index (χ3v) is 2.91. The molecule has 83 valence electrons. The van der Waals surface area contributed by atoms with Gasteiger partial charge in [-0.3, -0.25) is 0 Å². The Labute approximate surface area is 105 Å². The van der Waals surface area contributed by atoms with Crippen LogP contribution in [0.3, 0.4) is 0 Å². The van der Waals surface area contributed by atoms with E-state index >= 15 is 0 Å². The minimum Gasteiger partial charge on any atom is -0.245 e. The van der Waals surface area contributed by atoms with Crippen LogP contribution < -0.4 is 0 Å². The minimum atomic E-state index is 0.458. The SMILES string of the molecule is N#Cc1ncccc1-c1ccc2c[c]ccc2c1. The van der Waals surface area contributed by atoms with E-state index < -0.39 is 0 Å². The Hall–Kier alpha value is -2.66. The van der Waals surface area contributed by atoms with E-state index in [1.54, 1.807) is 6.20 Å². The summed E-state index contributed by atoms with van der Waals surface area (Å²) in [4.78, 5) is 4.09. The number of nitriles is 1. The van der Waals surface area contributed by atoms with Gasteiger partial charge in [0.05, 0.1) is 0 Å². The zero-order valence-electron chi connectivity index (χ0n) is 9.59. The summed E-state index contributed by atoms with van der Waals surface area (Å²) in [7, 11) is 0. The molecular weight excluding hydrogens is 220 g/mol. The minimum absolute atomic E-state index is 0.458. The summed E-state index contributed by atoms with van der Waals surface area (Å²) in [5.41, 5.74) is 2.34. The van der Waals surface area contributed by atoms with Crippen LogP contribution in [0.2, 0.25) is 0 Å². The van der Waals surface area contributed by atoms with Gasteiger partial charge in [-0.15, -0.1) is 0 Å². The lowest BCUT2D eigenvalue weighted by Crippen LogP contribution is -1.87. The molecule has 0 fully saturated rings. The highest BCUT2D eigenvalue weighted by Gasteiger charge is 2.05. The summed E-state index contributed by atoms with van der Waals surface area (Å²) in [6.07, 6.45) is 1.64. The Morgan fingerprint density at radius 1 is 1.11 bits per heavy atom. The van der Waals surface area contributed by atoms with Crippen molar-refractivity contribution in [2.24, 2.45) is 0 Å². The van der Waals surface area contributed by atoms with Crippen molar-refractivity contribution in [3.63, 3.8) is 0 Å². The third-order valence-electron chi connectivity index (χ3n) is 2.91. The molecule has 2 aromatic carbocycles. The molecule has 0 aliphatic heterocycles. The molecule has 0 unspecified atom stereocenters. The molecule has 3 rings (SSSR count). The molecule has 0 saturated carbocycles. The lowest BCUT2D eigenvalue weighted by Gasteiger charge is -2.05. The molecule has 2 nitrogen and oxygen atoms in total. The predicted molar refractivity (Wildman–Crippen MR) is 70.7 cm³/mol. The van der Waals surface area contributed by atoms with Crippen LogP contribution in [0.15, 0.2) is 54.7 Å². The molecule has 1 heterocycles. The first-order valence-electron chi connectivity index (χ1n) is 5.64. The average molecular weight is 229 g/mol. The first-order valence-corrected chi connectivity index (χ1v) is 5.64. The summed E-state index contributed by atoms with van der Waals surface area (Å²) in [6.45, 7) is 0. The topological polar surface area (TPSA) is 36.7 Å². The average Bonchev–Trinajstić information content (AvgIpc) is 2.46. The number of aromatic nitrogens is 1. The standard InChI is InChI=1S/C16H9N2/c17-11-16-15(6-3-9-18-16)14-8-7-12-4-1-2-5-13(12)10-14/h2-10H. The van der Waals surface area contributed by atoms with Crippen molar-refractivity contribution in [3.05, 3.63) is 66.5 Å². The zero-order chi connectivity index (χ0) is 12.4. The van der Waals surface area contributed by atoms with Gasteiger partial charge in [-0.1, -0.05) is 24.3 Å². The quantitative estimate of drug-likeness (QED) is 0.639. The second-order valence-electron chi connectivity index (χ2n) is 4.00. The summed E-state index contributed by atoms with van der Waals surface area (Å²) in [5.74, 6) is 0. The molecule has 0 N–H and O–H groups in total. The van der Waals surface area contributed by atoms with Crippen LogP contribution in [0.25, 0.3) is 21.9 Å². The molecular formula is C16H9N2. The van der Waals surface area contributed by atoms with Gasteiger partial charge in [0, 0.05) is 11.8 Å². The first kappa shape index (κ1) is 10.5. The van der Waals surface area contributed by atoms with Crippen molar-refractivity contribution >= 4 is 10.8 Å². The highest BCUT2D eigenvalue weighted by Crippen LogP contribution is 2.25. The van der Waals surface area contributed by atoms with E-state index in [2.05, 4.69) is 23.2 Å². The maximum Gasteiger partial charge on any atom is 0.148 e. The summed E-state index contributed by atoms with van der Waals surface area (Å²) in [5, 5.41) is 11.4. The largest absolute Gasteiger partial charge is 0.245 e. The second-order valence-corrected chi connectivity index (χ2v) is 4.00. The number of hydrogen-bond donors (Lipinski definition) is 0. The Morgan fingerprint density at radius 2 is 2.06 bits per heavy atom. The van der Waals surface area contributed by atoms with E-state index in [9.17, 15) is 0 Å². The van der Waals surface area contributed by atoms with Crippen LogP contribution in [-0.4, -0.2) is 4.98 Å². The van der Waals surface area contributed by atoms with Gasteiger partial charge in [-0.25, -0.2) is 4.98 Å². The molecule has 0 saturated heterocycles. The Bertz CT molecular complexity index is 754. The van der Waals surface area contributed by atoms with Gasteiger partial charge in [-0.05, 0) is 46.7 Å². The van der Waals surface area contributed by atoms with Gasteiger partial charge < -0.3 is 0 Å². The molecule has 0 atom stereocenters. The molecule has 18 heavy (non-hydrogen) atoms. The number of benzene rings is 2. The number of fused-ring (bicyclic) bond motifs is 1. The van der Waals surface area contributed by atoms with E-state index in [-0.39, 0.29) is 0 Å². The fourth-order valence-electron chi connectivity index (χ4n) is 2.02. The van der Waals surface area contributed by atoms with Crippen LogP contribution in [0.4, 0.5) is 0 Å². The van der Waals surface area contributed by atoms with E-state index in [1.165, 1.54) is 0 Å². The number of pyridine rings is 1. The molecule has 0 bridgehead atoms. The van der Waals surface area contributed by atoms with Crippen LogP contribution in [0, 0.1) is 17.4 Å². The van der Waals surface area contributed by atoms with Gasteiger partial charge in [0.1, 0.15) is 11.8 Å². The molecule has 1 aromatic heterocycles.